The average molecular weight is 282 g/mol. The first-order chi connectivity index (χ1) is 9.24. The second-order valence-electron chi connectivity index (χ2n) is 4.10. The van der Waals surface area contributed by atoms with Crippen LogP contribution in [0.25, 0.3) is 0 Å². The van der Waals surface area contributed by atoms with Crippen molar-refractivity contribution in [1.29, 1.82) is 0 Å². The Morgan fingerprint density at radius 2 is 2.00 bits per heavy atom. The molecule has 0 unspecified atom stereocenters. The molecular weight excluding hydrogens is 264 g/mol. The van der Waals surface area contributed by atoms with Crippen molar-refractivity contribution in [3.63, 3.8) is 0 Å². The van der Waals surface area contributed by atoms with E-state index in [0.29, 0.717) is 17.2 Å². The van der Waals surface area contributed by atoms with Gasteiger partial charge in [0.05, 0.1) is 19.9 Å². The van der Waals surface area contributed by atoms with E-state index >= 15 is 0 Å². The summed E-state index contributed by atoms with van der Waals surface area (Å²) in [5.41, 5.74) is 0.659. The Hall–Kier alpha value is -1.56. The quantitative estimate of drug-likeness (QED) is 0.924. The second kappa shape index (κ2) is 6.56. The summed E-state index contributed by atoms with van der Waals surface area (Å²) in [5.74, 6) is 3.28. The zero-order chi connectivity index (χ0) is 13.7. The summed E-state index contributed by atoms with van der Waals surface area (Å²) >= 11 is 1.87. The standard InChI is InChI=1S/C13H18N2O3S/c1-17-10-3-4-11(12(9-10)18-2)14-13(16)15-5-7-19-8-6-15/h3-4,9H,5-8H2,1-2H3,(H,14,16). The van der Waals surface area contributed by atoms with E-state index < -0.39 is 0 Å². The van der Waals surface area contributed by atoms with Crippen LogP contribution in [0.2, 0.25) is 0 Å². The molecule has 1 N–H and O–H groups in total. The molecule has 0 bridgehead atoms. The Kier molecular flexibility index (Phi) is 4.79. The van der Waals surface area contributed by atoms with E-state index in [-0.39, 0.29) is 6.03 Å². The number of carbonyl (C=O) groups is 1. The van der Waals surface area contributed by atoms with E-state index in [4.69, 9.17) is 9.47 Å². The number of nitrogens with one attached hydrogen (secondary N) is 1. The van der Waals surface area contributed by atoms with Gasteiger partial charge in [-0.15, -0.1) is 0 Å². The number of hydrogen-bond acceptors (Lipinski definition) is 4. The summed E-state index contributed by atoms with van der Waals surface area (Å²) in [4.78, 5) is 13.9. The molecular formula is C13H18N2O3S. The zero-order valence-corrected chi connectivity index (χ0v) is 12.0. The zero-order valence-electron chi connectivity index (χ0n) is 11.1. The minimum atomic E-state index is -0.0798. The highest BCUT2D eigenvalue weighted by Crippen LogP contribution is 2.29. The molecule has 0 atom stereocenters. The van der Waals surface area contributed by atoms with Gasteiger partial charge in [-0.25, -0.2) is 4.79 Å². The number of anilines is 1. The first-order valence-corrected chi connectivity index (χ1v) is 7.26. The molecule has 0 aromatic heterocycles. The lowest BCUT2D eigenvalue weighted by atomic mass is 10.2. The topological polar surface area (TPSA) is 50.8 Å². The summed E-state index contributed by atoms with van der Waals surface area (Å²) in [6.07, 6.45) is 0. The molecule has 0 aliphatic carbocycles. The predicted molar refractivity (Wildman–Crippen MR) is 77.5 cm³/mol. The van der Waals surface area contributed by atoms with Crippen molar-refractivity contribution < 1.29 is 14.3 Å². The number of methoxy groups -OCH3 is 2. The van der Waals surface area contributed by atoms with Gasteiger partial charge in [-0.1, -0.05) is 0 Å². The molecule has 1 heterocycles. The van der Waals surface area contributed by atoms with Crippen LogP contribution < -0.4 is 14.8 Å². The first-order valence-electron chi connectivity index (χ1n) is 6.10. The van der Waals surface area contributed by atoms with Crippen LogP contribution in [0.15, 0.2) is 18.2 Å². The van der Waals surface area contributed by atoms with Gasteiger partial charge < -0.3 is 19.7 Å². The number of benzene rings is 1. The van der Waals surface area contributed by atoms with Crippen LogP contribution in [-0.4, -0.2) is 49.7 Å². The fourth-order valence-electron chi connectivity index (χ4n) is 1.86. The number of hydrogen-bond donors (Lipinski definition) is 1. The van der Waals surface area contributed by atoms with E-state index in [1.54, 1.807) is 32.4 Å². The molecule has 5 nitrogen and oxygen atoms in total. The van der Waals surface area contributed by atoms with Crippen LogP contribution in [0.3, 0.4) is 0 Å². The lowest BCUT2D eigenvalue weighted by Crippen LogP contribution is -2.40. The lowest BCUT2D eigenvalue weighted by Gasteiger charge is -2.26. The fraction of sp³-hybridized carbons (Fsp3) is 0.462. The van der Waals surface area contributed by atoms with Gasteiger partial charge in [-0.05, 0) is 12.1 Å². The Morgan fingerprint density at radius 3 is 2.63 bits per heavy atom. The number of ether oxygens (including phenoxy) is 2. The van der Waals surface area contributed by atoms with E-state index in [9.17, 15) is 4.79 Å². The maximum Gasteiger partial charge on any atom is 0.322 e. The molecule has 0 spiro atoms. The molecule has 1 aromatic rings. The molecule has 2 amide bonds. The number of urea groups is 1. The molecule has 104 valence electrons. The largest absolute Gasteiger partial charge is 0.497 e. The normalized spacial score (nSPS) is 14.9. The van der Waals surface area contributed by atoms with E-state index in [2.05, 4.69) is 5.32 Å². The lowest BCUT2D eigenvalue weighted by molar-refractivity contribution is 0.217. The predicted octanol–water partition coefficient (Wildman–Crippen LogP) is 2.28. The molecule has 6 heteroatoms. The Balaban J connectivity index is 2.07. The summed E-state index contributed by atoms with van der Waals surface area (Å²) in [6.45, 7) is 1.57. The van der Waals surface area contributed by atoms with Gasteiger partial charge in [0.2, 0.25) is 0 Å². The average Bonchev–Trinajstić information content (AvgIpc) is 2.48. The third-order valence-corrected chi connectivity index (χ3v) is 3.89. The van der Waals surface area contributed by atoms with Crippen LogP contribution in [0.4, 0.5) is 10.5 Å². The van der Waals surface area contributed by atoms with Gasteiger partial charge in [0.25, 0.3) is 0 Å². The third kappa shape index (κ3) is 3.47. The Bertz CT molecular complexity index is 448. The number of carbonyl (C=O) groups excluding carboxylic acids is 1. The van der Waals surface area contributed by atoms with Gasteiger partial charge in [0.15, 0.2) is 0 Å². The van der Waals surface area contributed by atoms with Gasteiger partial charge in [0.1, 0.15) is 11.5 Å². The fourth-order valence-corrected chi connectivity index (χ4v) is 2.77. The minimum Gasteiger partial charge on any atom is -0.497 e. The maximum atomic E-state index is 12.1. The molecule has 19 heavy (non-hydrogen) atoms. The highest BCUT2D eigenvalue weighted by atomic mass is 32.2. The van der Waals surface area contributed by atoms with Crippen LogP contribution in [0.5, 0.6) is 11.5 Å². The highest BCUT2D eigenvalue weighted by Gasteiger charge is 2.18. The molecule has 1 saturated heterocycles. The second-order valence-corrected chi connectivity index (χ2v) is 5.32. The van der Waals surface area contributed by atoms with Crippen LogP contribution in [-0.2, 0) is 0 Å². The Morgan fingerprint density at radius 1 is 1.26 bits per heavy atom. The van der Waals surface area contributed by atoms with Crippen molar-refractivity contribution >= 4 is 23.5 Å². The first kappa shape index (κ1) is 13.9. The van der Waals surface area contributed by atoms with Crippen molar-refractivity contribution in [1.82, 2.24) is 4.90 Å². The maximum absolute atomic E-state index is 12.1. The molecule has 1 aliphatic heterocycles. The van der Waals surface area contributed by atoms with Gasteiger partial charge in [-0.2, -0.15) is 11.8 Å². The van der Waals surface area contributed by atoms with Crippen molar-refractivity contribution in [2.45, 2.75) is 0 Å². The van der Waals surface area contributed by atoms with E-state index in [0.717, 1.165) is 24.6 Å². The molecule has 2 rings (SSSR count). The van der Waals surface area contributed by atoms with Crippen LogP contribution in [0.1, 0.15) is 0 Å². The summed E-state index contributed by atoms with van der Waals surface area (Å²) < 4.78 is 10.4. The van der Waals surface area contributed by atoms with Crippen molar-refractivity contribution in [2.75, 3.05) is 44.1 Å². The Labute approximate surface area is 117 Å². The monoisotopic (exact) mass is 282 g/mol. The van der Waals surface area contributed by atoms with Crippen LogP contribution >= 0.6 is 11.8 Å². The van der Waals surface area contributed by atoms with E-state index in [1.807, 2.05) is 16.7 Å². The van der Waals surface area contributed by atoms with Gasteiger partial charge in [-0.3, -0.25) is 0 Å². The number of thioether (sulfide) groups is 1. The molecule has 1 aliphatic rings. The van der Waals surface area contributed by atoms with Crippen molar-refractivity contribution in [2.24, 2.45) is 0 Å². The summed E-state index contributed by atoms with van der Waals surface area (Å²) in [5, 5.41) is 2.88. The smallest absolute Gasteiger partial charge is 0.322 e. The van der Waals surface area contributed by atoms with Gasteiger partial charge in [0, 0.05) is 30.7 Å². The summed E-state index contributed by atoms with van der Waals surface area (Å²) in [7, 11) is 3.17. The van der Waals surface area contributed by atoms with Crippen LogP contribution in [0, 0.1) is 0 Å². The molecule has 0 saturated carbocycles. The molecule has 0 radical (unpaired) electrons. The molecule has 1 fully saturated rings. The molecule has 1 aromatic carbocycles. The SMILES string of the molecule is COc1ccc(NC(=O)N2CCSCC2)c(OC)c1. The minimum absolute atomic E-state index is 0.0798. The van der Waals surface area contributed by atoms with Crippen molar-refractivity contribution in [3.05, 3.63) is 18.2 Å². The number of nitrogens with zero attached hydrogens (tertiary/aromatic N) is 1. The number of rotatable bonds is 3. The summed E-state index contributed by atoms with van der Waals surface area (Å²) in [6, 6.07) is 5.25. The van der Waals surface area contributed by atoms with E-state index in [1.165, 1.54) is 0 Å². The highest BCUT2D eigenvalue weighted by molar-refractivity contribution is 7.99. The third-order valence-electron chi connectivity index (χ3n) is 2.95. The van der Waals surface area contributed by atoms with Gasteiger partial charge >= 0.3 is 6.03 Å². The number of amides is 2. The van der Waals surface area contributed by atoms with Crippen molar-refractivity contribution in [3.8, 4) is 11.5 Å².